The minimum atomic E-state index is -0.570. The lowest BCUT2D eigenvalue weighted by Crippen LogP contribution is -2.29. The van der Waals surface area contributed by atoms with Gasteiger partial charge in [-0.25, -0.2) is 4.79 Å². The van der Waals surface area contributed by atoms with Crippen molar-refractivity contribution in [1.29, 1.82) is 0 Å². The summed E-state index contributed by atoms with van der Waals surface area (Å²) in [5.41, 5.74) is 2.39. The van der Waals surface area contributed by atoms with E-state index in [4.69, 9.17) is 11.6 Å². The van der Waals surface area contributed by atoms with E-state index in [1.165, 1.54) is 24.2 Å². The number of ketones is 1. The number of fused-ring (bicyclic) bond motifs is 1. The standard InChI is InChI=1S/C19H14ClNO4/c1-25-17(22)9-5-12-4-8-16-15(10-12)18(23)19(24)21(16)11-13-2-6-14(20)7-3-13/h2-10H,11H2,1H3/b9-5+. The van der Waals surface area contributed by atoms with Gasteiger partial charge >= 0.3 is 5.97 Å². The number of carbonyl (C=O) groups excluding carboxylic acids is 3. The van der Waals surface area contributed by atoms with Crippen LogP contribution in [0.1, 0.15) is 21.5 Å². The second-order valence-corrected chi connectivity index (χ2v) is 5.92. The maximum Gasteiger partial charge on any atom is 0.330 e. The van der Waals surface area contributed by atoms with Gasteiger partial charge in [-0.15, -0.1) is 0 Å². The van der Waals surface area contributed by atoms with Gasteiger partial charge in [-0.05, 0) is 41.5 Å². The third kappa shape index (κ3) is 3.46. The Bertz CT molecular complexity index is 887. The van der Waals surface area contributed by atoms with Gasteiger partial charge in [-0.1, -0.05) is 29.8 Å². The number of hydrogen-bond acceptors (Lipinski definition) is 4. The first kappa shape index (κ1) is 16.9. The summed E-state index contributed by atoms with van der Waals surface area (Å²) in [6, 6.07) is 12.1. The molecule has 0 bridgehead atoms. The van der Waals surface area contributed by atoms with Gasteiger partial charge in [0.2, 0.25) is 0 Å². The van der Waals surface area contributed by atoms with Crippen molar-refractivity contribution in [3.63, 3.8) is 0 Å². The molecule has 2 aromatic rings. The minimum Gasteiger partial charge on any atom is -0.466 e. The molecule has 1 heterocycles. The third-order valence-corrected chi connectivity index (χ3v) is 4.11. The van der Waals surface area contributed by atoms with Gasteiger partial charge in [-0.3, -0.25) is 9.59 Å². The van der Waals surface area contributed by atoms with Gasteiger partial charge in [-0.2, -0.15) is 0 Å². The summed E-state index contributed by atoms with van der Waals surface area (Å²) in [7, 11) is 1.28. The Morgan fingerprint density at radius 1 is 1.16 bits per heavy atom. The molecule has 0 aromatic heterocycles. The molecule has 0 saturated carbocycles. The van der Waals surface area contributed by atoms with Crippen LogP contribution in [-0.2, 0) is 20.9 Å². The number of amides is 1. The van der Waals surface area contributed by atoms with E-state index >= 15 is 0 Å². The number of rotatable bonds is 4. The van der Waals surface area contributed by atoms with Crippen LogP contribution in [0, 0.1) is 0 Å². The molecule has 2 aromatic carbocycles. The average Bonchev–Trinajstić information content (AvgIpc) is 2.86. The summed E-state index contributed by atoms with van der Waals surface area (Å²) in [5.74, 6) is -1.62. The highest BCUT2D eigenvalue weighted by Crippen LogP contribution is 2.31. The lowest BCUT2D eigenvalue weighted by atomic mass is 10.1. The fourth-order valence-corrected chi connectivity index (χ4v) is 2.71. The molecule has 126 valence electrons. The van der Waals surface area contributed by atoms with Gasteiger partial charge < -0.3 is 9.64 Å². The second-order valence-electron chi connectivity index (χ2n) is 5.48. The van der Waals surface area contributed by atoms with E-state index in [9.17, 15) is 14.4 Å². The lowest BCUT2D eigenvalue weighted by molar-refractivity contribution is -0.134. The highest BCUT2D eigenvalue weighted by atomic mass is 35.5. The Hall–Kier alpha value is -2.92. The van der Waals surface area contributed by atoms with E-state index in [0.717, 1.165) is 5.56 Å². The number of halogens is 1. The van der Waals surface area contributed by atoms with Crippen molar-refractivity contribution < 1.29 is 19.1 Å². The zero-order valence-electron chi connectivity index (χ0n) is 13.4. The predicted molar refractivity (Wildman–Crippen MR) is 94.5 cm³/mol. The van der Waals surface area contributed by atoms with Crippen LogP contribution in [-0.4, -0.2) is 24.8 Å². The van der Waals surface area contributed by atoms with Gasteiger partial charge in [0, 0.05) is 11.1 Å². The van der Waals surface area contributed by atoms with Crippen LogP contribution in [0.5, 0.6) is 0 Å². The number of esters is 1. The smallest absolute Gasteiger partial charge is 0.330 e. The fraction of sp³-hybridized carbons (Fsp3) is 0.105. The molecule has 0 N–H and O–H groups in total. The Morgan fingerprint density at radius 3 is 2.56 bits per heavy atom. The van der Waals surface area contributed by atoms with Crippen molar-refractivity contribution in [3.05, 3.63) is 70.3 Å². The fourth-order valence-electron chi connectivity index (χ4n) is 2.58. The largest absolute Gasteiger partial charge is 0.466 e. The molecule has 1 aliphatic rings. The zero-order chi connectivity index (χ0) is 18.0. The van der Waals surface area contributed by atoms with Gasteiger partial charge in [0.15, 0.2) is 0 Å². The highest BCUT2D eigenvalue weighted by molar-refractivity contribution is 6.52. The number of hydrogen-bond donors (Lipinski definition) is 0. The molecule has 0 spiro atoms. The molecule has 5 nitrogen and oxygen atoms in total. The van der Waals surface area contributed by atoms with Crippen LogP contribution in [0.15, 0.2) is 48.5 Å². The molecule has 6 heteroatoms. The first-order valence-corrected chi connectivity index (χ1v) is 7.88. The molecule has 0 aliphatic carbocycles. The average molecular weight is 356 g/mol. The minimum absolute atomic E-state index is 0.284. The van der Waals surface area contributed by atoms with Crippen LogP contribution < -0.4 is 4.90 Å². The van der Waals surface area contributed by atoms with Crippen LogP contribution in [0.25, 0.3) is 6.08 Å². The number of Topliss-reactive ketones (excluding diaryl/α,β-unsaturated/α-hetero) is 1. The highest BCUT2D eigenvalue weighted by Gasteiger charge is 2.35. The van der Waals surface area contributed by atoms with Crippen molar-refractivity contribution in [2.75, 3.05) is 12.0 Å². The number of benzene rings is 2. The van der Waals surface area contributed by atoms with Crippen molar-refractivity contribution in [2.24, 2.45) is 0 Å². The summed E-state index contributed by atoms with van der Waals surface area (Å²) in [4.78, 5) is 37.2. The van der Waals surface area contributed by atoms with Crippen molar-refractivity contribution >= 4 is 41.0 Å². The molecule has 3 rings (SSSR count). The summed E-state index contributed by atoms with van der Waals surface area (Å²) < 4.78 is 4.53. The maximum atomic E-state index is 12.3. The molecule has 0 radical (unpaired) electrons. The Balaban J connectivity index is 1.89. The normalized spacial score (nSPS) is 13.4. The van der Waals surface area contributed by atoms with Crippen molar-refractivity contribution in [1.82, 2.24) is 0 Å². The van der Waals surface area contributed by atoms with Gasteiger partial charge in [0.25, 0.3) is 11.7 Å². The maximum absolute atomic E-state index is 12.3. The van der Waals surface area contributed by atoms with Crippen LogP contribution in [0.3, 0.4) is 0 Å². The van der Waals surface area contributed by atoms with Crippen LogP contribution in [0.4, 0.5) is 5.69 Å². The van der Waals surface area contributed by atoms with Gasteiger partial charge in [0.1, 0.15) is 0 Å². The predicted octanol–water partition coefficient (Wildman–Crippen LogP) is 3.26. The molecular weight excluding hydrogens is 342 g/mol. The van der Waals surface area contributed by atoms with E-state index in [-0.39, 0.29) is 6.54 Å². The lowest BCUT2D eigenvalue weighted by Gasteiger charge is -2.16. The number of ether oxygens (including phenoxy) is 1. The van der Waals surface area contributed by atoms with Crippen LogP contribution in [0.2, 0.25) is 5.02 Å². The Morgan fingerprint density at radius 2 is 1.88 bits per heavy atom. The molecule has 25 heavy (non-hydrogen) atoms. The van der Waals surface area contributed by atoms with E-state index in [1.807, 2.05) is 12.1 Å². The first-order valence-electron chi connectivity index (χ1n) is 7.50. The van der Waals surface area contributed by atoms with Crippen molar-refractivity contribution in [3.8, 4) is 0 Å². The Labute approximate surface area is 149 Å². The number of carbonyl (C=O) groups is 3. The number of anilines is 1. The number of methoxy groups -OCH3 is 1. The summed E-state index contributed by atoms with van der Waals surface area (Å²) in [6.07, 6.45) is 2.79. The molecule has 0 atom stereocenters. The van der Waals surface area contributed by atoms with Crippen molar-refractivity contribution in [2.45, 2.75) is 6.54 Å². The summed E-state index contributed by atoms with van der Waals surface area (Å²) in [5, 5.41) is 0.606. The van der Waals surface area contributed by atoms with E-state index in [0.29, 0.717) is 21.8 Å². The molecule has 1 amide bonds. The Kier molecular flexibility index (Phi) is 4.67. The second kappa shape index (κ2) is 6.91. The topological polar surface area (TPSA) is 63.7 Å². The van der Waals surface area contributed by atoms with E-state index in [1.54, 1.807) is 30.3 Å². The van der Waals surface area contributed by atoms with E-state index in [2.05, 4.69) is 4.74 Å². The molecule has 0 fully saturated rings. The summed E-state index contributed by atoms with van der Waals surface area (Å²) in [6.45, 7) is 0.284. The van der Waals surface area contributed by atoms with E-state index < -0.39 is 17.7 Å². The molecule has 0 unspecified atom stereocenters. The third-order valence-electron chi connectivity index (χ3n) is 3.86. The number of nitrogens with zero attached hydrogens (tertiary/aromatic N) is 1. The molecule has 0 saturated heterocycles. The first-order chi connectivity index (χ1) is 12.0. The van der Waals surface area contributed by atoms with Gasteiger partial charge in [0.05, 0.1) is 24.9 Å². The molecular formula is C19H14ClNO4. The zero-order valence-corrected chi connectivity index (χ0v) is 14.1. The summed E-state index contributed by atoms with van der Waals surface area (Å²) >= 11 is 5.87. The quantitative estimate of drug-likeness (QED) is 0.480. The SMILES string of the molecule is COC(=O)/C=C/c1ccc2c(c1)C(=O)C(=O)N2Cc1ccc(Cl)cc1. The molecule has 1 aliphatic heterocycles. The monoisotopic (exact) mass is 355 g/mol. The van der Waals surface area contributed by atoms with Crippen LogP contribution >= 0.6 is 11.6 Å².